The Bertz CT molecular complexity index is 434. The molecule has 6 nitrogen and oxygen atoms in total. The highest BCUT2D eigenvalue weighted by atomic mass is 16.5. The predicted molar refractivity (Wildman–Crippen MR) is 75.5 cm³/mol. The van der Waals surface area contributed by atoms with E-state index in [-0.39, 0.29) is 12.4 Å². The second-order valence-corrected chi connectivity index (χ2v) is 4.98. The molecule has 2 heterocycles. The summed E-state index contributed by atoms with van der Waals surface area (Å²) in [4.78, 5) is 6.40. The smallest absolute Gasteiger partial charge is 0.141 e. The Labute approximate surface area is 119 Å². The zero-order valence-corrected chi connectivity index (χ0v) is 11.9. The number of aromatic hydroxyl groups is 1. The van der Waals surface area contributed by atoms with Gasteiger partial charge in [0.05, 0.1) is 25.5 Å². The number of aliphatic hydroxyl groups excluding tert-OH is 1. The van der Waals surface area contributed by atoms with Crippen LogP contribution in [0.3, 0.4) is 0 Å². The van der Waals surface area contributed by atoms with E-state index in [0.717, 1.165) is 45.0 Å². The summed E-state index contributed by atoms with van der Waals surface area (Å²) in [6.07, 6.45) is 1.62. The normalized spacial score (nSPS) is 16.5. The van der Waals surface area contributed by atoms with Crippen LogP contribution in [0.1, 0.15) is 16.8 Å². The minimum atomic E-state index is -0.110. The highest BCUT2D eigenvalue weighted by Crippen LogP contribution is 2.23. The third kappa shape index (κ3) is 3.89. The summed E-state index contributed by atoms with van der Waals surface area (Å²) in [5, 5.41) is 22.6. The number of morpholine rings is 1. The molecule has 1 aromatic heterocycles. The summed E-state index contributed by atoms with van der Waals surface area (Å²) in [6, 6.07) is 0. The molecule has 6 heteroatoms. The van der Waals surface area contributed by atoms with Gasteiger partial charge in [0.2, 0.25) is 0 Å². The number of ether oxygens (including phenoxy) is 1. The van der Waals surface area contributed by atoms with Crippen LogP contribution in [0, 0.1) is 6.92 Å². The van der Waals surface area contributed by atoms with Gasteiger partial charge in [-0.1, -0.05) is 0 Å². The molecule has 3 N–H and O–H groups in total. The molecule has 0 atom stereocenters. The SMILES string of the molecule is Cc1ncc(CO)c(CNCCN2CCOCC2)c1O. The van der Waals surface area contributed by atoms with E-state index >= 15 is 0 Å². The highest BCUT2D eigenvalue weighted by Gasteiger charge is 2.12. The maximum atomic E-state index is 10.0. The third-order valence-corrected chi connectivity index (χ3v) is 3.61. The Balaban J connectivity index is 1.82. The van der Waals surface area contributed by atoms with Crippen molar-refractivity contribution in [2.75, 3.05) is 39.4 Å². The lowest BCUT2D eigenvalue weighted by atomic mass is 10.1. The monoisotopic (exact) mass is 281 g/mol. The van der Waals surface area contributed by atoms with Crippen molar-refractivity contribution in [1.82, 2.24) is 15.2 Å². The number of aryl methyl sites for hydroxylation is 1. The van der Waals surface area contributed by atoms with E-state index in [0.29, 0.717) is 17.8 Å². The molecule has 1 saturated heterocycles. The molecular formula is C14H23N3O3. The molecule has 0 bridgehead atoms. The van der Waals surface area contributed by atoms with Crippen molar-refractivity contribution in [2.45, 2.75) is 20.1 Å². The molecular weight excluding hydrogens is 258 g/mol. The van der Waals surface area contributed by atoms with Crippen molar-refractivity contribution in [3.05, 3.63) is 23.0 Å². The van der Waals surface area contributed by atoms with Gasteiger partial charge in [0, 0.05) is 50.0 Å². The van der Waals surface area contributed by atoms with Crippen LogP contribution >= 0.6 is 0 Å². The first-order chi connectivity index (χ1) is 9.72. The fourth-order valence-corrected chi connectivity index (χ4v) is 2.29. The number of nitrogens with zero attached hydrogens (tertiary/aromatic N) is 2. The number of pyridine rings is 1. The molecule has 112 valence electrons. The van der Waals surface area contributed by atoms with Crippen molar-refractivity contribution in [2.24, 2.45) is 0 Å². The minimum absolute atomic E-state index is 0.110. The molecule has 1 aliphatic heterocycles. The summed E-state index contributed by atoms with van der Waals surface area (Å²) in [6.45, 7) is 7.54. The van der Waals surface area contributed by atoms with E-state index in [1.54, 1.807) is 13.1 Å². The van der Waals surface area contributed by atoms with Crippen molar-refractivity contribution < 1.29 is 14.9 Å². The minimum Gasteiger partial charge on any atom is -0.506 e. The molecule has 1 fully saturated rings. The highest BCUT2D eigenvalue weighted by molar-refractivity contribution is 5.40. The van der Waals surface area contributed by atoms with Crippen molar-refractivity contribution in [3.63, 3.8) is 0 Å². The van der Waals surface area contributed by atoms with Crippen LogP contribution in [0.4, 0.5) is 0 Å². The second-order valence-electron chi connectivity index (χ2n) is 4.98. The second kappa shape index (κ2) is 7.54. The van der Waals surface area contributed by atoms with Crippen LogP contribution in [-0.2, 0) is 17.9 Å². The first-order valence-electron chi connectivity index (χ1n) is 7.00. The Morgan fingerprint density at radius 2 is 2.15 bits per heavy atom. The summed E-state index contributed by atoms with van der Waals surface area (Å²) in [7, 11) is 0. The Hall–Kier alpha value is -1.21. The quantitative estimate of drug-likeness (QED) is 0.638. The number of aliphatic hydroxyl groups is 1. The van der Waals surface area contributed by atoms with E-state index in [9.17, 15) is 10.2 Å². The van der Waals surface area contributed by atoms with Crippen LogP contribution in [0.5, 0.6) is 5.75 Å². The Morgan fingerprint density at radius 1 is 1.40 bits per heavy atom. The standard InChI is InChI=1S/C14H23N3O3/c1-11-14(19)13(12(10-18)8-16-11)9-15-2-3-17-4-6-20-7-5-17/h8,15,18-19H,2-7,9-10H2,1H3. The van der Waals surface area contributed by atoms with Crippen molar-refractivity contribution >= 4 is 0 Å². The molecule has 0 saturated carbocycles. The molecule has 0 aliphatic carbocycles. The maximum absolute atomic E-state index is 10.0. The van der Waals surface area contributed by atoms with E-state index in [2.05, 4.69) is 15.2 Å². The summed E-state index contributed by atoms with van der Waals surface area (Å²) in [5.41, 5.74) is 2.00. The summed E-state index contributed by atoms with van der Waals surface area (Å²) < 4.78 is 5.30. The Morgan fingerprint density at radius 3 is 2.85 bits per heavy atom. The van der Waals surface area contributed by atoms with Crippen molar-refractivity contribution in [1.29, 1.82) is 0 Å². The van der Waals surface area contributed by atoms with E-state index in [1.165, 1.54) is 0 Å². The number of aromatic nitrogens is 1. The van der Waals surface area contributed by atoms with E-state index < -0.39 is 0 Å². The first kappa shape index (κ1) is 15.2. The van der Waals surface area contributed by atoms with E-state index in [4.69, 9.17) is 4.74 Å². The fourth-order valence-electron chi connectivity index (χ4n) is 2.29. The molecule has 20 heavy (non-hydrogen) atoms. The molecule has 2 rings (SSSR count). The zero-order valence-electron chi connectivity index (χ0n) is 11.9. The summed E-state index contributed by atoms with van der Waals surface area (Å²) in [5.74, 6) is 0.176. The predicted octanol–water partition coefficient (Wildman–Crippen LogP) is 0.00972. The lowest BCUT2D eigenvalue weighted by Crippen LogP contribution is -2.40. The van der Waals surface area contributed by atoms with Gasteiger partial charge in [-0.05, 0) is 6.92 Å². The molecule has 0 aromatic carbocycles. The van der Waals surface area contributed by atoms with Gasteiger partial charge in [-0.2, -0.15) is 0 Å². The Kier molecular flexibility index (Phi) is 5.72. The van der Waals surface area contributed by atoms with Crippen LogP contribution in [0.25, 0.3) is 0 Å². The van der Waals surface area contributed by atoms with Gasteiger partial charge in [-0.15, -0.1) is 0 Å². The van der Waals surface area contributed by atoms with Crippen LogP contribution in [0.15, 0.2) is 6.20 Å². The van der Waals surface area contributed by atoms with Gasteiger partial charge in [-0.3, -0.25) is 9.88 Å². The van der Waals surface area contributed by atoms with Gasteiger partial charge in [0.15, 0.2) is 0 Å². The first-order valence-corrected chi connectivity index (χ1v) is 7.00. The molecule has 1 aromatic rings. The van der Waals surface area contributed by atoms with Crippen LogP contribution in [-0.4, -0.2) is 59.5 Å². The maximum Gasteiger partial charge on any atom is 0.141 e. The number of hydrogen-bond donors (Lipinski definition) is 3. The third-order valence-electron chi connectivity index (χ3n) is 3.61. The molecule has 0 unspecified atom stereocenters. The average Bonchev–Trinajstić information content (AvgIpc) is 2.49. The lowest BCUT2D eigenvalue weighted by molar-refractivity contribution is 0.0384. The topological polar surface area (TPSA) is 77.9 Å². The van der Waals surface area contributed by atoms with Gasteiger partial charge in [0.25, 0.3) is 0 Å². The van der Waals surface area contributed by atoms with Gasteiger partial charge < -0.3 is 20.3 Å². The number of rotatable bonds is 6. The molecule has 0 spiro atoms. The van der Waals surface area contributed by atoms with Crippen LogP contribution < -0.4 is 5.32 Å². The molecule has 1 aliphatic rings. The van der Waals surface area contributed by atoms with Crippen LogP contribution in [0.2, 0.25) is 0 Å². The zero-order chi connectivity index (χ0) is 14.4. The van der Waals surface area contributed by atoms with Crippen molar-refractivity contribution in [3.8, 4) is 5.75 Å². The van der Waals surface area contributed by atoms with Gasteiger partial charge >= 0.3 is 0 Å². The molecule has 0 radical (unpaired) electrons. The number of nitrogens with one attached hydrogen (secondary N) is 1. The fraction of sp³-hybridized carbons (Fsp3) is 0.643. The largest absolute Gasteiger partial charge is 0.506 e. The lowest BCUT2D eigenvalue weighted by Gasteiger charge is -2.26. The van der Waals surface area contributed by atoms with E-state index in [1.807, 2.05) is 0 Å². The molecule has 0 amide bonds. The van der Waals surface area contributed by atoms with Gasteiger partial charge in [0.1, 0.15) is 5.75 Å². The summed E-state index contributed by atoms with van der Waals surface area (Å²) >= 11 is 0. The number of hydrogen-bond acceptors (Lipinski definition) is 6. The van der Waals surface area contributed by atoms with Gasteiger partial charge in [-0.25, -0.2) is 0 Å². The average molecular weight is 281 g/mol.